The van der Waals surface area contributed by atoms with Crippen molar-refractivity contribution in [2.45, 2.75) is 70.3 Å². The molecule has 0 saturated carbocycles. The van der Waals surface area contributed by atoms with Crippen LogP contribution in [0.2, 0.25) is 0 Å². The largest absolute Gasteiger partial charge is 0.467 e. The van der Waals surface area contributed by atoms with Crippen LogP contribution in [0.5, 0.6) is 0 Å². The monoisotopic (exact) mass is 691 g/mol. The Labute approximate surface area is 300 Å². The first kappa shape index (κ1) is 36.3. The number of rotatable bonds is 12. The van der Waals surface area contributed by atoms with Crippen LogP contribution in [-0.2, 0) is 38.6 Å². The lowest BCUT2D eigenvalue weighted by molar-refractivity contribution is -0.276. The molecule has 2 heterocycles. The first-order valence-electron chi connectivity index (χ1n) is 18.0. The van der Waals surface area contributed by atoms with E-state index in [0.717, 1.165) is 58.6 Å². The van der Waals surface area contributed by atoms with Gasteiger partial charge in [0.05, 0.1) is 25.9 Å². The van der Waals surface area contributed by atoms with Gasteiger partial charge in [0.2, 0.25) is 0 Å². The van der Waals surface area contributed by atoms with Crippen molar-refractivity contribution in [1.29, 1.82) is 0 Å². The number of amides is 2. The SMILES string of the molecule is COC(=O)[C@H](Cc1ccccc1)NC(=O)NCc1ccccc1-c1ccc([C@H]2O[C@@H](CN3CCCCC3)[C@@H](C)[C@@H](c3ccc(CO)cc3)O2)cc1. The third-order valence-electron chi connectivity index (χ3n) is 10.0. The van der Waals surface area contributed by atoms with E-state index in [1.54, 1.807) is 0 Å². The summed E-state index contributed by atoms with van der Waals surface area (Å²) in [4.78, 5) is 27.9. The maximum atomic E-state index is 13.0. The van der Waals surface area contributed by atoms with Gasteiger partial charge in [0, 0.05) is 31.0 Å². The molecule has 51 heavy (non-hydrogen) atoms. The molecular weight excluding hydrogens is 642 g/mol. The van der Waals surface area contributed by atoms with E-state index < -0.39 is 24.3 Å². The number of carbonyl (C=O) groups excluding carboxylic acids is 2. The number of aliphatic hydroxyl groups is 1. The summed E-state index contributed by atoms with van der Waals surface area (Å²) in [6.45, 7) is 5.54. The molecular formula is C42H49N3O6. The number of nitrogens with one attached hydrogen (secondary N) is 2. The van der Waals surface area contributed by atoms with E-state index in [2.05, 4.69) is 58.9 Å². The molecule has 4 aromatic rings. The average Bonchev–Trinajstić information content (AvgIpc) is 3.18. The van der Waals surface area contributed by atoms with E-state index >= 15 is 0 Å². The molecule has 9 nitrogen and oxygen atoms in total. The average molecular weight is 692 g/mol. The Hall–Kier alpha value is -4.54. The Morgan fingerprint density at radius 1 is 0.843 bits per heavy atom. The van der Waals surface area contributed by atoms with Crippen LogP contribution in [0.1, 0.15) is 66.4 Å². The number of methoxy groups -OCH3 is 1. The molecule has 0 radical (unpaired) electrons. The standard InChI is InChI=1S/C42H49N3O6/c1-29-38(27-45-23-9-4-10-24-45)50-41(51-39(29)33-17-15-31(28-46)16-18-33)34-21-19-32(20-22-34)36-14-8-7-13-35(36)26-43-42(48)44-37(40(47)49-2)25-30-11-5-3-6-12-30/h3,5-8,11-22,29,37-39,41,46H,4,9-10,23-28H2,1-2H3,(H2,43,44,48)/t29-,37+,38+,39+,41+/m1/s1. The lowest BCUT2D eigenvalue weighted by atomic mass is 9.89. The van der Waals surface area contributed by atoms with E-state index in [-0.39, 0.29) is 31.3 Å². The molecule has 2 amide bonds. The highest BCUT2D eigenvalue weighted by Gasteiger charge is 2.39. The lowest BCUT2D eigenvalue weighted by Crippen LogP contribution is -2.47. The number of piperidine rings is 1. The smallest absolute Gasteiger partial charge is 0.328 e. The molecule has 2 aliphatic heterocycles. The fourth-order valence-electron chi connectivity index (χ4n) is 7.07. The van der Waals surface area contributed by atoms with Crippen LogP contribution in [-0.4, -0.2) is 60.9 Å². The van der Waals surface area contributed by atoms with E-state index in [4.69, 9.17) is 14.2 Å². The fourth-order valence-corrected chi connectivity index (χ4v) is 7.07. The fraction of sp³-hybridized carbons (Fsp3) is 0.381. The molecule has 0 aromatic heterocycles. The number of benzene rings is 4. The van der Waals surface area contributed by atoms with Crippen molar-refractivity contribution in [3.8, 4) is 11.1 Å². The van der Waals surface area contributed by atoms with Gasteiger partial charge >= 0.3 is 12.0 Å². The lowest BCUT2D eigenvalue weighted by Gasteiger charge is -2.43. The molecule has 0 unspecified atom stereocenters. The predicted molar refractivity (Wildman–Crippen MR) is 196 cm³/mol. The van der Waals surface area contributed by atoms with Crippen molar-refractivity contribution >= 4 is 12.0 Å². The topological polar surface area (TPSA) is 109 Å². The van der Waals surface area contributed by atoms with Crippen LogP contribution in [0.15, 0.2) is 103 Å². The van der Waals surface area contributed by atoms with Crippen LogP contribution >= 0.6 is 0 Å². The molecule has 268 valence electrons. The minimum Gasteiger partial charge on any atom is -0.467 e. The summed E-state index contributed by atoms with van der Waals surface area (Å²) in [6, 6.07) is 32.5. The number of hydrogen-bond donors (Lipinski definition) is 3. The summed E-state index contributed by atoms with van der Waals surface area (Å²) < 4.78 is 18.4. The Morgan fingerprint density at radius 3 is 2.24 bits per heavy atom. The number of hydrogen-bond acceptors (Lipinski definition) is 7. The highest BCUT2D eigenvalue weighted by molar-refractivity contribution is 5.84. The Bertz CT molecular complexity index is 1710. The summed E-state index contributed by atoms with van der Waals surface area (Å²) in [5.74, 6) is -0.362. The highest BCUT2D eigenvalue weighted by atomic mass is 16.7. The Balaban J connectivity index is 1.15. The van der Waals surface area contributed by atoms with Gasteiger partial charge in [-0.05, 0) is 59.3 Å². The molecule has 0 bridgehead atoms. The zero-order valence-electron chi connectivity index (χ0n) is 29.5. The maximum Gasteiger partial charge on any atom is 0.328 e. The predicted octanol–water partition coefficient (Wildman–Crippen LogP) is 6.71. The number of likely N-dealkylation sites (tertiary alicyclic amines) is 1. The third kappa shape index (κ3) is 9.42. The molecule has 2 fully saturated rings. The first-order valence-corrected chi connectivity index (χ1v) is 18.0. The van der Waals surface area contributed by atoms with E-state index in [9.17, 15) is 14.7 Å². The molecule has 0 aliphatic carbocycles. The van der Waals surface area contributed by atoms with Crippen LogP contribution in [0.25, 0.3) is 11.1 Å². The third-order valence-corrected chi connectivity index (χ3v) is 10.0. The molecule has 4 aromatic carbocycles. The van der Waals surface area contributed by atoms with Crippen molar-refractivity contribution in [2.24, 2.45) is 5.92 Å². The normalized spacial score (nSPS) is 21.4. The minimum absolute atomic E-state index is 0.00605. The van der Waals surface area contributed by atoms with E-state index in [1.807, 2.05) is 66.7 Å². The molecule has 6 rings (SSSR count). The Kier molecular flexibility index (Phi) is 12.5. The summed E-state index contributed by atoms with van der Waals surface area (Å²) >= 11 is 0. The van der Waals surface area contributed by atoms with Crippen LogP contribution < -0.4 is 10.6 Å². The zero-order valence-corrected chi connectivity index (χ0v) is 29.5. The molecule has 9 heteroatoms. The first-order chi connectivity index (χ1) is 24.9. The number of aliphatic hydroxyl groups excluding tert-OH is 1. The molecule has 5 atom stereocenters. The van der Waals surface area contributed by atoms with Crippen molar-refractivity contribution in [3.05, 3.63) is 131 Å². The van der Waals surface area contributed by atoms with Crippen LogP contribution in [0.3, 0.4) is 0 Å². The van der Waals surface area contributed by atoms with Gasteiger partial charge in [-0.2, -0.15) is 0 Å². The molecule has 3 N–H and O–H groups in total. The second-order valence-electron chi connectivity index (χ2n) is 13.6. The Morgan fingerprint density at radius 2 is 1.53 bits per heavy atom. The quantitative estimate of drug-likeness (QED) is 0.142. The van der Waals surface area contributed by atoms with E-state index in [1.165, 1.54) is 26.4 Å². The summed E-state index contributed by atoms with van der Waals surface area (Å²) in [7, 11) is 1.32. The van der Waals surface area contributed by atoms with Gasteiger partial charge in [-0.1, -0.05) is 116 Å². The second-order valence-corrected chi connectivity index (χ2v) is 13.6. The van der Waals surface area contributed by atoms with Crippen molar-refractivity contribution in [2.75, 3.05) is 26.7 Å². The van der Waals surface area contributed by atoms with Gasteiger partial charge in [-0.25, -0.2) is 9.59 Å². The summed E-state index contributed by atoms with van der Waals surface area (Å²) in [5.41, 5.74) is 6.74. The van der Waals surface area contributed by atoms with Gasteiger partial charge in [-0.15, -0.1) is 0 Å². The minimum atomic E-state index is -0.814. The second kappa shape index (κ2) is 17.6. The van der Waals surface area contributed by atoms with Crippen molar-refractivity contribution in [3.63, 3.8) is 0 Å². The summed E-state index contributed by atoms with van der Waals surface area (Å²) in [5, 5.41) is 15.3. The van der Waals surface area contributed by atoms with Gasteiger partial charge in [-0.3, -0.25) is 0 Å². The van der Waals surface area contributed by atoms with Crippen LogP contribution in [0.4, 0.5) is 4.79 Å². The number of carbonyl (C=O) groups is 2. The van der Waals surface area contributed by atoms with E-state index in [0.29, 0.717) is 6.42 Å². The summed E-state index contributed by atoms with van der Waals surface area (Å²) in [6.07, 6.45) is 3.35. The number of urea groups is 1. The number of ether oxygens (including phenoxy) is 3. The molecule has 2 aliphatic rings. The molecule has 0 spiro atoms. The van der Waals surface area contributed by atoms with Crippen LogP contribution in [0, 0.1) is 5.92 Å². The van der Waals surface area contributed by atoms with Gasteiger partial charge < -0.3 is 34.9 Å². The van der Waals surface area contributed by atoms with Gasteiger partial charge in [0.15, 0.2) is 6.29 Å². The molecule has 2 saturated heterocycles. The highest BCUT2D eigenvalue weighted by Crippen LogP contribution is 2.42. The van der Waals surface area contributed by atoms with Crippen molar-refractivity contribution < 1.29 is 28.9 Å². The van der Waals surface area contributed by atoms with Crippen molar-refractivity contribution in [1.82, 2.24) is 15.5 Å². The van der Waals surface area contributed by atoms with Gasteiger partial charge in [0.25, 0.3) is 0 Å². The number of esters is 1. The maximum absolute atomic E-state index is 13.0. The number of nitrogens with zero attached hydrogens (tertiary/aromatic N) is 1. The van der Waals surface area contributed by atoms with Gasteiger partial charge in [0.1, 0.15) is 6.04 Å². The zero-order chi connectivity index (χ0) is 35.6.